The first-order valence-electron chi connectivity index (χ1n) is 9.30. The van der Waals surface area contributed by atoms with Crippen LogP contribution in [-0.2, 0) is 11.2 Å². The van der Waals surface area contributed by atoms with Gasteiger partial charge in [0.05, 0.1) is 6.04 Å². The number of nitrogens with one attached hydrogen (secondary N) is 1. The highest BCUT2D eigenvalue weighted by Crippen LogP contribution is 2.53. The largest absolute Gasteiger partial charge is 0.479 e. The minimum atomic E-state index is -1.30. The van der Waals surface area contributed by atoms with Gasteiger partial charge in [-0.25, -0.2) is 4.79 Å². The number of aromatic amines is 1. The van der Waals surface area contributed by atoms with Crippen LogP contribution in [0.3, 0.4) is 0 Å². The molecule has 0 aliphatic carbocycles. The summed E-state index contributed by atoms with van der Waals surface area (Å²) in [6, 6.07) is 8.56. The molecule has 0 amide bonds. The number of carboxylic acids is 1. The van der Waals surface area contributed by atoms with Gasteiger partial charge in [-0.1, -0.05) is 25.1 Å². The van der Waals surface area contributed by atoms with E-state index >= 15 is 0 Å². The van der Waals surface area contributed by atoms with Crippen molar-refractivity contribution in [2.24, 2.45) is 5.41 Å². The van der Waals surface area contributed by atoms with Crippen LogP contribution in [0.2, 0.25) is 0 Å². The van der Waals surface area contributed by atoms with Crippen molar-refractivity contribution in [2.45, 2.75) is 51.2 Å². The minimum Gasteiger partial charge on any atom is -0.479 e. The molecule has 0 bridgehead atoms. The zero-order valence-electron chi connectivity index (χ0n) is 14.7. The van der Waals surface area contributed by atoms with Crippen LogP contribution in [0.5, 0.6) is 0 Å². The van der Waals surface area contributed by atoms with Crippen LogP contribution >= 0.6 is 0 Å². The molecule has 2 aliphatic rings. The van der Waals surface area contributed by atoms with Gasteiger partial charge in [-0.3, -0.25) is 4.90 Å². The maximum Gasteiger partial charge on any atom is 0.332 e. The molecule has 1 unspecified atom stereocenters. The van der Waals surface area contributed by atoms with E-state index in [1.807, 2.05) is 6.07 Å². The molecule has 0 spiro atoms. The molecule has 3 N–H and O–H groups in total. The summed E-state index contributed by atoms with van der Waals surface area (Å²) in [6.45, 7) is 4.18. The molecule has 134 valence electrons. The third-order valence-corrected chi connectivity index (χ3v) is 6.42. The topological polar surface area (TPSA) is 76.6 Å². The molecule has 4 rings (SSSR count). The predicted molar refractivity (Wildman–Crippen MR) is 96.5 cm³/mol. The number of aliphatic hydroxyl groups is 1. The first-order chi connectivity index (χ1) is 12.1. The second-order valence-corrected chi connectivity index (χ2v) is 7.63. The number of carbonyl (C=O) groups is 1. The Labute approximate surface area is 147 Å². The Morgan fingerprint density at radius 3 is 2.96 bits per heavy atom. The van der Waals surface area contributed by atoms with Gasteiger partial charge < -0.3 is 15.2 Å². The molecule has 1 aromatic heterocycles. The number of hydrogen-bond acceptors (Lipinski definition) is 3. The summed E-state index contributed by atoms with van der Waals surface area (Å²) in [5.74, 6) is -1.11. The predicted octanol–water partition coefficient (Wildman–Crippen LogP) is 3.09. The number of aliphatic carboxylic acids is 1. The molecule has 5 nitrogen and oxygen atoms in total. The molecule has 1 aromatic carbocycles. The fourth-order valence-electron chi connectivity index (χ4n) is 5.20. The van der Waals surface area contributed by atoms with Gasteiger partial charge in [-0.05, 0) is 55.7 Å². The Balaban J connectivity index is 1.82. The van der Waals surface area contributed by atoms with E-state index < -0.39 is 12.1 Å². The summed E-state index contributed by atoms with van der Waals surface area (Å²) in [6.07, 6.45) is 2.93. The molecule has 2 aliphatic heterocycles. The van der Waals surface area contributed by atoms with E-state index in [0.29, 0.717) is 6.42 Å². The van der Waals surface area contributed by atoms with E-state index in [-0.39, 0.29) is 11.5 Å². The molecule has 2 aromatic rings. The van der Waals surface area contributed by atoms with E-state index in [2.05, 4.69) is 35.0 Å². The fraction of sp³-hybridized carbons (Fsp3) is 0.550. The van der Waals surface area contributed by atoms with Crippen LogP contribution < -0.4 is 0 Å². The Morgan fingerprint density at radius 2 is 2.20 bits per heavy atom. The molecular weight excluding hydrogens is 316 g/mol. The van der Waals surface area contributed by atoms with Gasteiger partial charge in [0, 0.05) is 23.1 Å². The van der Waals surface area contributed by atoms with Crippen LogP contribution in [0.4, 0.5) is 0 Å². The van der Waals surface area contributed by atoms with Crippen molar-refractivity contribution in [1.29, 1.82) is 0 Å². The second kappa shape index (κ2) is 6.15. The Kier molecular flexibility index (Phi) is 4.08. The molecule has 3 atom stereocenters. The maximum atomic E-state index is 11.3. The molecule has 0 saturated carbocycles. The van der Waals surface area contributed by atoms with Crippen LogP contribution in [-0.4, -0.2) is 45.3 Å². The van der Waals surface area contributed by atoms with E-state index in [0.717, 1.165) is 44.3 Å². The molecule has 3 heterocycles. The van der Waals surface area contributed by atoms with Crippen LogP contribution in [0.15, 0.2) is 24.3 Å². The highest BCUT2D eigenvalue weighted by molar-refractivity contribution is 5.85. The number of nitrogens with zero attached hydrogens (tertiary/aromatic N) is 1. The van der Waals surface area contributed by atoms with E-state index in [1.165, 1.54) is 16.6 Å². The lowest BCUT2D eigenvalue weighted by Gasteiger charge is -2.52. The van der Waals surface area contributed by atoms with Gasteiger partial charge in [0.2, 0.25) is 0 Å². The summed E-state index contributed by atoms with van der Waals surface area (Å²) < 4.78 is 0. The third kappa shape index (κ3) is 2.57. The monoisotopic (exact) mass is 342 g/mol. The van der Waals surface area contributed by atoms with Crippen molar-refractivity contribution in [3.8, 4) is 0 Å². The number of benzene rings is 1. The lowest BCUT2D eigenvalue weighted by atomic mass is 9.65. The normalized spacial score (nSPS) is 27.7. The van der Waals surface area contributed by atoms with Gasteiger partial charge in [0.15, 0.2) is 6.10 Å². The average Bonchev–Trinajstić information content (AvgIpc) is 3.00. The summed E-state index contributed by atoms with van der Waals surface area (Å²) in [5, 5.41) is 20.7. The summed E-state index contributed by atoms with van der Waals surface area (Å²) >= 11 is 0. The summed E-state index contributed by atoms with van der Waals surface area (Å²) in [7, 11) is 0. The summed E-state index contributed by atoms with van der Waals surface area (Å²) in [5.41, 5.74) is 3.57. The number of H-pyrrole nitrogens is 1. The van der Waals surface area contributed by atoms with Gasteiger partial charge in [-0.15, -0.1) is 0 Å². The van der Waals surface area contributed by atoms with Gasteiger partial charge in [0.25, 0.3) is 0 Å². The molecule has 5 heteroatoms. The quantitative estimate of drug-likeness (QED) is 0.798. The van der Waals surface area contributed by atoms with Gasteiger partial charge in [0.1, 0.15) is 0 Å². The average molecular weight is 342 g/mol. The van der Waals surface area contributed by atoms with Crippen LogP contribution in [0.25, 0.3) is 10.9 Å². The van der Waals surface area contributed by atoms with Crippen LogP contribution in [0, 0.1) is 5.41 Å². The number of hydrogen-bond donors (Lipinski definition) is 3. The standard InChI is InChI=1S/C20H26N2O3/c1-2-20(12-16(23)19(24)25)9-5-10-22-11-8-14-13-6-3-4-7-15(13)21-17(14)18(20)22/h3-4,6-7,16,18,21,23H,2,5,8-12H2,1H3,(H,24,25)/t16?,18-,20-/m1/s1. The first kappa shape index (κ1) is 16.6. The summed E-state index contributed by atoms with van der Waals surface area (Å²) in [4.78, 5) is 17.4. The number of rotatable bonds is 4. The molecule has 0 radical (unpaired) electrons. The van der Waals surface area contributed by atoms with Crippen molar-refractivity contribution in [3.05, 3.63) is 35.5 Å². The SMILES string of the molecule is CC[C@]1(CC(O)C(=O)O)CCCN2CCc3c([nH]c4ccccc34)[C@@H]21. The first-order valence-corrected chi connectivity index (χ1v) is 9.30. The number of piperidine rings is 1. The third-order valence-electron chi connectivity index (χ3n) is 6.42. The second-order valence-electron chi connectivity index (χ2n) is 7.63. The minimum absolute atomic E-state index is 0.163. The number of para-hydroxylation sites is 1. The van der Waals surface area contributed by atoms with E-state index in [4.69, 9.17) is 0 Å². The van der Waals surface area contributed by atoms with Gasteiger partial charge >= 0.3 is 5.97 Å². The molecule has 1 saturated heterocycles. The van der Waals surface area contributed by atoms with Crippen molar-refractivity contribution in [2.75, 3.05) is 13.1 Å². The Morgan fingerprint density at radius 1 is 1.40 bits per heavy atom. The van der Waals surface area contributed by atoms with E-state index in [1.54, 1.807) is 0 Å². The molecular formula is C20H26N2O3. The zero-order chi connectivity index (χ0) is 17.6. The lowest BCUT2D eigenvalue weighted by Crippen LogP contribution is -2.50. The van der Waals surface area contributed by atoms with Crippen molar-refractivity contribution < 1.29 is 15.0 Å². The molecule has 1 fully saturated rings. The highest BCUT2D eigenvalue weighted by Gasteiger charge is 2.48. The number of carboxylic acid groups (broad SMARTS) is 1. The smallest absolute Gasteiger partial charge is 0.332 e. The van der Waals surface area contributed by atoms with Crippen LogP contribution in [0.1, 0.15) is 49.9 Å². The number of aromatic nitrogens is 1. The lowest BCUT2D eigenvalue weighted by molar-refractivity contribution is -0.150. The van der Waals surface area contributed by atoms with E-state index in [9.17, 15) is 15.0 Å². The molecule has 25 heavy (non-hydrogen) atoms. The number of aliphatic hydroxyl groups excluding tert-OH is 1. The van der Waals surface area contributed by atoms with Crippen molar-refractivity contribution in [1.82, 2.24) is 9.88 Å². The zero-order valence-corrected chi connectivity index (χ0v) is 14.7. The van der Waals surface area contributed by atoms with Crippen molar-refractivity contribution >= 4 is 16.9 Å². The highest BCUT2D eigenvalue weighted by atomic mass is 16.4. The van der Waals surface area contributed by atoms with Crippen molar-refractivity contribution in [3.63, 3.8) is 0 Å². The number of fused-ring (bicyclic) bond motifs is 5. The Hall–Kier alpha value is -1.85. The maximum absolute atomic E-state index is 11.3. The van der Waals surface area contributed by atoms with Gasteiger partial charge in [-0.2, -0.15) is 0 Å². The fourth-order valence-corrected chi connectivity index (χ4v) is 5.20. The Bertz CT molecular complexity index is 799.